The Kier molecular flexibility index (Phi) is 5.24. The van der Waals surface area contributed by atoms with Gasteiger partial charge >= 0.3 is 0 Å². The molecule has 0 atom stereocenters. The van der Waals surface area contributed by atoms with Gasteiger partial charge in [-0.3, -0.25) is 9.36 Å². The molecule has 0 bridgehead atoms. The summed E-state index contributed by atoms with van der Waals surface area (Å²) < 4.78 is 2.66. The fourth-order valence-electron chi connectivity index (χ4n) is 3.33. The van der Waals surface area contributed by atoms with Crippen molar-refractivity contribution in [2.45, 2.75) is 13.8 Å². The minimum Gasteiger partial charge on any atom is -0.508 e. The van der Waals surface area contributed by atoms with Crippen LogP contribution in [-0.4, -0.2) is 14.7 Å². The van der Waals surface area contributed by atoms with Crippen LogP contribution < -0.4 is 5.56 Å². The highest BCUT2D eigenvalue weighted by Crippen LogP contribution is 2.21. The highest BCUT2D eigenvalue weighted by atomic mass is 127. The number of aromatic hydroxyl groups is 1. The molecule has 0 aliphatic heterocycles. The molecule has 4 rings (SSSR count). The summed E-state index contributed by atoms with van der Waals surface area (Å²) in [6, 6.07) is 18.6. The average molecular weight is 494 g/mol. The summed E-state index contributed by atoms with van der Waals surface area (Å²) in [7, 11) is 0. The average Bonchev–Trinajstić information content (AvgIpc) is 2.69. The molecule has 0 aliphatic carbocycles. The zero-order valence-corrected chi connectivity index (χ0v) is 18.2. The standard InChI is InChI=1S/C24H19IN2O2/c1-15-3-11-22(16(2)13-15)27-23(12-6-17-4-8-19(28)9-5-17)26-21-10-7-18(25)14-20(21)24(27)29/h3-14,28H,1-2H3. The van der Waals surface area contributed by atoms with Gasteiger partial charge in [0.25, 0.3) is 5.56 Å². The number of phenolic OH excluding ortho intramolecular Hbond substituents is 1. The van der Waals surface area contributed by atoms with Crippen LogP contribution in [0.1, 0.15) is 22.5 Å². The minimum absolute atomic E-state index is 0.0918. The van der Waals surface area contributed by atoms with Crippen LogP contribution in [0.3, 0.4) is 0 Å². The molecular weight excluding hydrogens is 475 g/mol. The molecule has 0 spiro atoms. The number of rotatable bonds is 3. The van der Waals surface area contributed by atoms with Crippen LogP contribution in [0.5, 0.6) is 5.75 Å². The van der Waals surface area contributed by atoms with Crippen LogP contribution in [0, 0.1) is 17.4 Å². The van der Waals surface area contributed by atoms with Crippen LogP contribution in [0.25, 0.3) is 28.7 Å². The molecule has 0 saturated carbocycles. The molecule has 29 heavy (non-hydrogen) atoms. The first kappa shape index (κ1) is 19.4. The number of aromatic nitrogens is 2. The van der Waals surface area contributed by atoms with Crippen molar-refractivity contribution >= 4 is 45.6 Å². The lowest BCUT2D eigenvalue weighted by Gasteiger charge is -2.14. The van der Waals surface area contributed by atoms with Crippen molar-refractivity contribution in [2.75, 3.05) is 0 Å². The molecule has 4 nitrogen and oxygen atoms in total. The van der Waals surface area contributed by atoms with Crippen molar-refractivity contribution in [3.8, 4) is 11.4 Å². The maximum absolute atomic E-state index is 13.4. The summed E-state index contributed by atoms with van der Waals surface area (Å²) in [5.74, 6) is 0.775. The number of benzene rings is 3. The molecule has 0 unspecified atom stereocenters. The van der Waals surface area contributed by atoms with E-state index in [9.17, 15) is 9.90 Å². The van der Waals surface area contributed by atoms with E-state index in [-0.39, 0.29) is 11.3 Å². The molecule has 0 radical (unpaired) electrons. The maximum Gasteiger partial charge on any atom is 0.266 e. The molecule has 0 fully saturated rings. The molecule has 4 aromatic rings. The van der Waals surface area contributed by atoms with Crippen molar-refractivity contribution in [1.82, 2.24) is 9.55 Å². The summed E-state index contributed by atoms with van der Waals surface area (Å²) in [6.45, 7) is 4.04. The van der Waals surface area contributed by atoms with Gasteiger partial charge in [0.2, 0.25) is 0 Å². The molecule has 5 heteroatoms. The Bertz CT molecular complexity index is 1310. The predicted octanol–water partition coefficient (Wildman–Crippen LogP) is 5.48. The van der Waals surface area contributed by atoms with Gasteiger partial charge in [0, 0.05) is 3.57 Å². The Balaban J connectivity index is 1.97. The maximum atomic E-state index is 13.4. The Morgan fingerprint density at radius 2 is 1.72 bits per heavy atom. The third kappa shape index (κ3) is 3.96. The van der Waals surface area contributed by atoms with Crippen LogP contribution in [0.4, 0.5) is 0 Å². The Labute approximate surface area is 182 Å². The fraction of sp³-hybridized carbons (Fsp3) is 0.0833. The lowest BCUT2D eigenvalue weighted by atomic mass is 10.1. The van der Waals surface area contributed by atoms with Gasteiger partial charge in [-0.2, -0.15) is 0 Å². The molecule has 1 N–H and O–H groups in total. The van der Waals surface area contributed by atoms with Crippen molar-refractivity contribution in [3.05, 3.63) is 97.1 Å². The first-order valence-corrected chi connectivity index (χ1v) is 10.3. The van der Waals surface area contributed by atoms with Gasteiger partial charge in [-0.1, -0.05) is 35.9 Å². The van der Waals surface area contributed by atoms with Crippen molar-refractivity contribution in [2.24, 2.45) is 0 Å². The smallest absolute Gasteiger partial charge is 0.266 e. The van der Waals surface area contributed by atoms with E-state index in [4.69, 9.17) is 4.98 Å². The summed E-state index contributed by atoms with van der Waals surface area (Å²) in [6.07, 6.45) is 3.73. The molecule has 0 aliphatic rings. The van der Waals surface area contributed by atoms with Crippen LogP contribution >= 0.6 is 22.6 Å². The quantitative estimate of drug-likeness (QED) is 0.384. The molecular formula is C24H19IN2O2. The van der Waals surface area contributed by atoms with Gasteiger partial charge in [0.1, 0.15) is 11.6 Å². The second kappa shape index (κ2) is 7.83. The Morgan fingerprint density at radius 1 is 0.966 bits per heavy atom. The fourth-order valence-corrected chi connectivity index (χ4v) is 3.82. The largest absolute Gasteiger partial charge is 0.508 e. The Morgan fingerprint density at radius 3 is 2.45 bits per heavy atom. The third-order valence-electron chi connectivity index (χ3n) is 4.77. The first-order chi connectivity index (χ1) is 13.9. The normalized spacial score (nSPS) is 11.4. The van der Waals surface area contributed by atoms with Crippen LogP contribution in [0.15, 0.2) is 65.5 Å². The molecule has 3 aromatic carbocycles. The van der Waals surface area contributed by atoms with Gasteiger partial charge < -0.3 is 5.11 Å². The number of halogens is 1. The monoisotopic (exact) mass is 494 g/mol. The van der Waals surface area contributed by atoms with E-state index in [1.807, 2.05) is 68.5 Å². The van der Waals surface area contributed by atoms with E-state index in [0.29, 0.717) is 16.7 Å². The number of hydrogen-bond donors (Lipinski definition) is 1. The zero-order valence-electron chi connectivity index (χ0n) is 16.1. The molecule has 0 saturated heterocycles. The highest BCUT2D eigenvalue weighted by Gasteiger charge is 2.13. The van der Waals surface area contributed by atoms with Gasteiger partial charge in [0.15, 0.2) is 0 Å². The van der Waals surface area contributed by atoms with E-state index in [1.54, 1.807) is 16.7 Å². The zero-order chi connectivity index (χ0) is 20.5. The van der Waals surface area contributed by atoms with E-state index in [0.717, 1.165) is 25.9 Å². The number of fused-ring (bicyclic) bond motifs is 1. The molecule has 0 amide bonds. The van der Waals surface area contributed by atoms with Crippen molar-refractivity contribution in [3.63, 3.8) is 0 Å². The second-order valence-electron chi connectivity index (χ2n) is 6.99. The van der Waals surface area contributed by atoms with Gasteiger partial charge in [0.05, 0.1) is 16.6 Å². The van der Waals surface area contributed by atoms with Crippen LogP contribution in [0.2, 0.25) is 0 Å². The lowest BCUT2D eigenvalue weighted by molar-refractivity contribution is 0.475. The lowest BCUT2D eigenvalue weighted by Crippen LogP contribution is -2.23. The SMILES string of the molecule is Cc1ccc(-n2c(C=Cc3ccc(O)cc3)nc3ccc(I)cc3c2=O)c(C)c1. The molecule has 1 heterocycles. The molecule has 1 aromatic heterocycles. The summed E-state index contributed by atoms with van der Waals surface area (Å²) in [5, 5.41) is 10.1. The predicted molar refractivity (Wildman–Crippen MR) is 127 cm³/mol. The van der Waals surface area contributed by atoms with E-state index < -0.39 is 0 Å². The van der Waals surface area contributed by atoms with E-state index in [1.165, 1.54) is 0 Å². The number of phenols is 1. The first-order valence-electron chi connectivity index (χ1n) is 9.19. The number of hydrogen-bond acceptors (Lipinski definition) is 3. The summed E-state index contributed by atoms with van der Waals surface area (Å²) >= 11 is 2.21. The highest BCUT2D eigenvalue weighted by molar-refractivity contribution is 14.1. The van der Waals surface area contributed by atoms with Crippen molar-refractivity contribution in [1.29, 1.82) is 0 Å². The van der Waals surface area contributed by atoms with E-state index in [2.05, 4.69) is 28.7 Å². The minimum atomic E-state index is -0.0918. The van der Waals surface area contributed by atoms with Gasteiger partial charge in [-0.05, 0) is 90.0 Å². The summed E-state index contributed by atoms with van der Waals surface area (Å²) in [5.41, 5.74) is 4.46. The van der Waals surface area contributed by atoms with Crippen molar-refractivity contribution < 1.29 is 5.11 Å². The summed E-state index contributed by atoms with van der Waals surface area (Å²) in [4.78, 5) is 18.2. The third-order valence-corrected chi connectivity index (χ3v) is 5.44. The molecule has 144 valence electrons. The van der Waals surface area contributed by atoms with Gasteiger partial charge in [-0.25, -0.2) is 4.98 Å². The van der Waals surface area contributed by atoms with Crippen LogP contribution in [-0.2, 0) is 0 Å². The second-order valence-corrected chi connectivity index (χ2v) is 8.23. The van der Waals surface area contributed by atoms with Gasteiger partial charge in [-0.15, -0.1) is 0 Å². The Hall–Kier alpha value is -2.93. The van der Waals surface area contributed by atoms with E-state index >= 15 is 0 Å². The number of aryl methyl sites for hydroxylation is 2. The topological polar surface area (TPSA) is 55.1 Å². The number of nitrogens with zero attached hydrogens (tertiary/aromatic N) is 2.